The molecule has 0 saturated carbocycles. The average molecular weight is 495 g/mol. The van der Waals surface area contributed by atoms with Crippen molar-refractivity contribution in [2.75, 3.05) is 20.2 Å². The SMILES string of the molecule is CNS(=O)(=O)c1ccc(CCC(=O)OCC(=O)NCCC(c2ccccc2)c2ccccc2)cc1. The van der Waals surface area contributed by atoms with Gasteiger partial charge in [-0.3, -0.25) is 9.59 Å². The lowest BCUT2D eigenvalue weighted by atomic mass is 9.88. The van der Waals surface area contributed by atoms with Gasteiger partial charge < -0.3 is 10.1 Å². The van der Waals surface area contributed by atoms with Crippen LogP contribution in [0.1, 0.15) is 35.4 Å². The third-order valence-corrected chi connectivity index (χ3v) is 7.07. The Labute approximate surface area is 206 Å². The number of rotatable bonds is 12. The van der Waals surface area contributed by atoms with Crippen molar-refractivity contribution in [3.8, 4) is 0 Å². The van der Waals surface area contributed by atoms with Gasteiger partial charge in [-0.05, 0) is 48.7 Å². The zero-order valence-electron chi connectivity index (χ0n) is 19.6. The number of carbonyl (C=O) groups excluding carboxylic acids is 2. The van der Waals surface area contributed by atoms with Crippen LogP contribution in [0.25, 0.3) is 0 Å². The van der Waals surface area contributed by atoms with Crippen LogP contribution in [0, 0.1) is 0 Å². The van der Waals surface area contributed by atoms with Gasteiger partial charge in [-0.1, -0.05) is 72.8 Å². The lowest BCUT2D eigenvalue weighted by molar-refractivity contribution is -0.148. The molecular weight excluding hydrogens is 464 g/mol. The van der Waals surface area contributed by atoms with Crippen LogP contribution < -0.4 is 10.0 Å². The van der Waals surface area contributed by atoms with Crippen molar-refractivity contribution in [1.82, 2.24) is 10.0 Å². The van der Waals surface area contributed by atoms with Gasteiger partial charge in [-0.2, -0.15) is 0 Å². The molecule has 0 aliphatic rings. The first-order chi connectivity index (χ1) is 16.9. The highest BCUT2D eigenvalue weighted by molar-refractivity contribution is 7.89. The second-order valence-electron chi connectivity index (χ2n) is 8.02. The minimum Gasteiger partial charge on any atom is -0.456 e. The number of nitrogens with one attached hydrogen (secondary N) is 2. The summed E-state index contributed by atoms with van der Waals surface area (Å²) in [5.74, 6) is -0.687. The molecule has 7 nitrogen and oxygen atoms in total. The lowest BCUT2D eigenvalue weighted by Crippen LogP contribution is -2.30. The number of carbonyl (C=O) groups is 2. The van der Waals surface area contributed by atoms with Crippen LogP contribution in [-0.2, 0) is 30.8 Å². The zero-order valence-corrected chi connectivity index (χ0v) is 20.5. The van der Waals surface area contributed by atoms with Gasteiger partial charge in [-0.15, -0.1) is 0 Å². The van der Waals surface area contributed by atoms with Crippen molar-refractivity contribution in [2.24, 2.45) is 0 Å². The molecule has 0 aliphatic carbocycles. The number of ether oxygens (including phenoxy) is 1. The van der Waals surface area contributed by atoms with E-state index in [-0.39, 0.29) is 29.7 Å². The highest BCUT2D eigenvalue weighted by atomic mass is 32.2. The molecule has 1 amide bonds. The van der Waals surface area contributed by atoms with Crippen molar-refractivity contribution < 1.29 is 22.7 Å². The molecule has 8 heteroatoms. The summed E-state index contributed by atoms with van der Waals surface area (Å²) in [6, 6.07) is 26.5. The Morgan fingerprint density at radius 1 is 0.857 bits per heavy atom. The Bertz CT molecular complexity index is 1160. The van der Waals surface area contributed by atoms with E-state index in [1.165, 1.54) is 30.3 Å². The molecule has 0 heterocycles. The number of hydrogen-bond acceptors (Lipinski definition) is 5. The second kappa shape index (κ2) is 12.8. The molecule has 0 aliphatic heterocycles. The summed E-state index contributed by atoms with van der Waals surface area (Å²) in [6.07, 6.45) is 1.19. The predicted octanol–water partition coefficient (Wildman–Crippen LogP) is 3.41. The molecule has 0 radical (unpaired) electrons. The minimum atomic E-state index is -3.50. The molecule has 0 spiro atoms. The topological polar surface area (TPSA) is 102 Å². The molecular formula is C27H30N2O5S. The lowest BCUT2D eigenvalue weighted by Gasteiger charge is -2.18. The normalized spacial score (nSPS) is 11.3. The van der Waals surface area contributed by atoms with E-state index in [1.807, 2.05) is 36.4 Å². The quantitative estimate of drug-likeness (QED) is 0.376. The molecule has 0 saturated heterocycles. The number of aryl methyl sites for hydroxylation is 1. The Hall–Kier alpha value is -3.49. The molecule has 3 aromatic rings. The summed E-state index contributed by atoms with van der Waals surface area (Å²) in [5, 5.41) is 2.83. The van der Waals surface area contributed by atoms with Gasteiger partial charge in [0, 0.05) is 18.9 Å². The van der Waals surface area contributed by atoms with Crippen molar-refractivity contribution in [3.05, 3.63) is 102 Å². The fraction of sp³-hybridized carbons (Fsp3) is 0.259. The highest BCUT2D eigenvalue weighted by Gasteiger charge is 2.15. The molecule has 2 N–H and O–H groups in total. The largest absolute Gasteiger partial charge is 0.456 e. The van der Waals surface area contributed by atoms with Gasteiger partial charge in [0.15, 0.2) is 6.61 Å². The Balaban J connectivity index is 1.41. The van der Waals surface area contributed by atoms with Crippen LogP contribution >= 0.6 is 0 Å². The molecule has 0 atom stereocenters. The average Bonchev–Trinajstić information content (AvgIpc) is 2.90. The first-order valence-corrected chi connectivity index (χ1v) is 12.9. The van der Waals surface area contributed by atoms with Gasteiger partial charge in [0.05, 0.1) is 4.90 Å². The molecule has 35 heavy (non-hydrogen) atoms. The van der Waals surface area contributed by atoms with Crippen LogP contribution in [0.4, 0.5) is 0 Å². The molecule has 184 valence electrons. The van der Waals surface area contributed by atoms with Gasteiger partial charge in [0.25, 0.3) is 5.91 Å². The van der Waals surface area contributed by atoms with Gasteiger partial charge in [-0.25, -0.2) is 13.1 Å². The van der Waals surface area contributed by atoms with Gasteiger partial charge in [0.2, 0.25) is 10.0 Å². The smallest absolute Gasteiger partial charge is 0.306 e. The van der Waals surface area contributed by atoms with E-state index in [1.54, 1.807) is 12.1 Å². The number of esters is 1. The number of benzene rings is 3. The van der Waals surface area contributed by atoms with E-state index < -0.39 is 16.0 Å². The highest BCUT2D eigenvalue weighted by Crippen LogP contribution is 2.27. The van der Waals surface area contributed by atoms with E-state index >= 15 is 0 Å². The predicted molar refractivity (Wildman–Crippen MR) is 134 cm³/mol. The van der Waals surface area contributed by atoms with Crippen LogP contribution in [0.3, 0.4) is 0 Å². The summed E-state index contributed by atoms with van der Waals surface area (Å²) < 4.78 is 30.9. The maximum Gasteiger partial charge on any atom is 0.306 e. The molecule has 0 fully saturated rings. The first kappa shape index (κ1) is 26.1. The van der Waals surface area contributed by atoms with Crippen molar-refractivity contribution in [2.45, 2.75) is 30.1 Å². The number of sulfonamides is 1. The molecule has 0 unspecified atom stereocenters. The standard InChI is InChI=1S/C27H30N2O5S/c1-28-35(32,33)24-15-12-21(13-16-24)14-17-27(31)34-20-26(30)29-19-18-25(22-8-4-2-5-9-22)23-10-6-3-7-11-23/h2-13,15-16,25,28H,14,17-20H2,1H3,(H,29,30). The summed E-state index contributed by atoms with van der Waals surface area (Å²) >= 11 is 0. The summed E-state index contributed by atoms with van der Waals surface area (Å²) in [6.45, 7) is 0.117. The van der Waals surface area contributed by atoms with E-state index in [0.717, 1.165) is 5.56 Å². The van der Waals surface area contributed by atoms with E-state index in [2.05, 4.69) is 34.3 Å². The first-order valence-electron chi connectivity index (χ1n) is 11.4. The van der Waals surface area contributed by atoms with Crippen molar-refractivity contribution >= 4 is 21.9 Å². The molecule has 0 aromatic heterocycles. The van der Waals surface area contributed by atoms with Crippen LogP contribution in [0.2, 0.25) is 0 Å². The fourth-order valence-electron chi connectivity index (χ4n) is 3.72. The zero-order chi connectivity index (χ0) is 25.1. The minimum absolute atomic E-state index is 0.0928. The maximum absolute atomic E-state index is 12.2. The number of amides is 1. The van der Waals surface area contributed by atoms with Crippen LogP contribution in [-0.4, -0.2) is 40.5 Å². The van der Waals surface area contributed by atoms with Crippen LogP contribution in [0.5, 0.6) is 0 Å². The third-order valence-electron chi connectivity index (χ3n) is 5.64. The fourth-order valence-corrected chi connectivity index (χ4v) is 4.45. The Kier molecular flexibility index (Phi) is 9.57. The van der Waals surface area contributed by atoms with Crippen molar-refractivity contribution in [3.63, 3.8) is 0 Å². The number of hydrogen-bond donors (Lipinski definition) is 2. The van der Waals surface area contributed by atoms with Crippen LogP contribution in [0.15, 0.2) is 89.8 Å². The second-order valence-corrected chi connectivity index (χ2v) is 9.91. The van der Waals surface area contributed by atoms with E-state index in [9.17, 15) is 18.0 Å². The molecule has 3 rings (SSSR count). The summed E-state index contributed by atoms with van der Waals surface area (Å²) in [7, 11) is -2.15. The maximum atomic E-state index is 12.2. The Morgan fingerprint density at radius 2 is 1.43 bits per heavy atom. The van der Waals surface area contributed by atoms with Gasteiger partial charge in [0.1, 0.15) is 0 Å². The molecule has 0 bridgehead atoms. The monoisotopic (exact) mass is 494 g/mol. The molecule has 3 aromatic carbocycles. The van der Waals surface area contributed by atoms with E-state index in [0.29, 0.717) is 19.4 Å². The van der Waals surface area contributed by atoms with Crippen molar-refractivity contribution in [1.29, 1.82) is 0 Å². The third kappa shape index (κ3) is 8.05. The summed E-state index contributed by atoms with van der Waals surface area (Å²) in [4.78, 5) is 24.4. The summed E-state index contributed by atoms with van der Waals surface area (Å²) in [5.41, 5.74) is 3.15. The van der Waals surface area contributed by atoms with E-state index in [4.69, 9.17) is 4.74 Å². The Morgan fingerprint density at radius 3 is 1.97 bits per heavy atom. The van der Waals surface area contributed by atoms with Gasteiger partial charge >= 0.3 is 5.97 Å².